The number of hydrogen-bond acceptors (Lipinski definition) is 4. The fraction of sp³-hybridized carbons (Fsp3) is 0.176. The molecule has 0 spiro atoms. The first-order chi connectivity index (χ1) is 11.0. The van der Waals surface area contributed by atoms with Crippen LogP contribution in [0.15, 0.2) is 53.0 Å². The molecule has 0 fully saturated rings. The van der Waals surface area contributed by atoms with E-state index in [1.807, 2.05) is 31.2 Å². The standard InChI is InChI=1S/C17H16BrNO4/c1-11(14-4-2-3-5-15(14)18)19-16(21)10-23-17(22)12-6-8-13(20)9-7-12/h2-9,11,20H,10H2,1H3,(H,19,21)/t11-/m1/s1. The monoisotopic (exact) mass is 377 g/mol. The van der Waals surface area contributed by atoms with Crippen LogP contribution in [0.5, 0.6) is 5.75 Å². The lowest BCUT2D eigenvalue weighted by atomic mass is 10.1. The molecule has 0 unspecified atom stereocenters. The lowest BCUT2D eigenvalue weighted by Gasteiger charge is -2.15. The van der Waals surface area contributed by atoms with Gasteiger partial charge in [-0.1, -0.05) is 34.1 Å². The Morgan fingerprint density at radius 1 is 1.17 bits per heavy atom. The molecule has 0 saturated heterocycles. The lowest BCUT2D eigenvalue weighted by Crippen LogP contribution is -2.31. The van der Waals surface area contributed by atoms with E-state index >= 15 is 0 Å². The predicted molar refractivity (Wildman–Crippen MR) is 89.1 cm³/mol. The van der Waals surface area contributed by atoms with Crippen LogP contribution in [0.3, 0.4) is 0 Å². The van der Waals surface area contributed by atoms with Crippen molar-refractivity contribution >= 4 is 27.8 Å². The van der Waals surface area contributed by atoms with Crippen LogP contribution in [0, 0.1) is 0 Å². The van der Waals surface area contributed by atoms with Crippen molar-refractivity contribution in [2.75, 3.05) is 6.61 Å². The third kappa shape index (κ3) is 4.82. The average molecular weight is 378 g/mol. The van der Waals surface area contributed by atoms with Crippen molar-refractivity contribution < 1.29 is 19.4 Å². The second-order valence-electron chi connectivity index (χ2n) is 4.93. The third-order valence-electron chi connectivity index (χ3n) is 3.19. The minimum atomic E-state index is -0.617. The highest BCUT2D eigenvalue weighted by Crippen LogP contribution is 2.22. The number of phenolic OH excluding ortho intramolecular Hbond substituents is 1. The topological polar surface area (TPSA) is 75.6 Å². The summed E-state index contributed by atoms with van der Waals surface area (Å²) in [4.78, 5) is 23.7. The summed E-state index contributed by atoms with van der Waals surface area (Å²) in [6.07, 6.45) is 0. The van der Waals surface area contributed by atoms with E-state index in [-0.39, 0.29) is 29.9 Å². The number of phenols is 1. The number of carbonyl (C=O) groups excluding carboxylic acids is 2. The number of esters is 1. The van der Waals surface area contributed by atoms with Crippen LogP contribution >= 0.6 is 15.9 Å². The van der Waals surface area contributed by atoms with E-state index in [2.05, 4.69) is 21.2 Å². The van der Waals surface area contributed by atoms with Gasteiger partial charge in [-0.2, -0.15) is 0 Å². The van der Waals surface area contributed by atoms with Crippen LogP contribution in [0.4, 0.5) is 0 Å². The Labute approximate surface area is 142 Å². The summed E-state index contributed by atoms with van der Waals surface area (Å²) >= 11 is 3.43. The van der Waals surface area contributed by atoms with Gasteiger partial charge >= 0.3 is 5.97 Å². The Bertz CT molecular complexity index is 700. The molecule has 0 saturated carbocycles. The average Bonchev–Trinajstić information content (AvgIpc) is 2.53. The van der Waals surface area contributed by atoms with E-state index in [1.165, 1.54) is 24.3 Å². The Hall–Kier alpha value is -2.34. The van der Waals surface area contributed by atoms with Gasteiger partial charge in [-0.05, 0) is 42.8 Å². The largest absolute Gasteiger partial charge is 0.508 e. The zero-order valence-electron chi connectivity index (χ0n) is 12.5. The third-order valence-corrected chi connectivity index (χ3v) is 3.91. The molecule has 0 aliphatic carbocycles. The number of nitrogens with one attached hydrogen (secondary N) is 1. The summed E-state index contributed by atoms with van der Waals surface area (Å²) in [6, 6.07) is 13.0. The number of hydrogen-bond donors (Lipinski definition) is 2. The SMILES string of the molecule is C[C@@H](NC(=O)COC(=O)c1ccc(O)cc1)c1ccccc1Br. The molecule has 6 heteroatoms. The van der Waals surface area contributed by atoms with Crippen molar-refractivity contribution in [3.63, 3.8) is 0 Å². The molecule has 1 atom stereocenters. The van der Waals surface area contributed by atoms with Crippen molar-refractivity contribution in [1.29, 1.82) is 0 Å². The number of carbonyl (C=O) groups is 2. The number of amides is 1. The molecular formula is C17H16BrNO4. The summed E-state index contributed by atoms with van der Waals surface area (Å²) in [6.45, 7) is 1.48. The lowest BCUT2D eigenvalue weighted by molar-refractivity contribution is -0.124. The van der Waals surface area contributed by atoms with Crippen molar-refractivity contribution in [2.24, 2.45) is 0 Å². The van der Waals surface area contributed by atoms with Gasteiger partial charge in [-0.25, -0.2) is 4.79 Å². The van der Waals surface area contributed by atoms with Gasteiger partial charge in [0.1, 0.15) is 5.75 Å². The van der Waals surface area contributed by atoms with Crippen LogP contribution in [0.25, 0.3) is 0 Å². The van der Waals surface area contributed by atoms with Crippen molar-refractivity contribution in [3.05, 3.63) is 64.1 Å². The molecule has 5 nitrogen and oxygen atoms in total. The van der Waals surface area contributed by atoms with Crippen molar-refractivity contribution in [1.82, 2.24) is 5.32 Å². The number of halogens is 1. The Morgan fingerprint density at radius 3 is 2.48 bits per heavy atom. The second-order valence-corrected chi connectivity index (χ2v) is 5.79. The number of ether oxygens (including phenoxy) is 1. The first kappa shape index (κ1) is 17.0. The van der Waals surface area contributed by atoms with Crippen LogP contribution in [-0.4, -0.2) is 23.6 Å². The van der Waals surface area contributed by atoms with Gasteiger partial charge in [0.2, 0.25) is 0 Å². The predicted octanol–water partition coefficient (Wildman–Crippen LogP) is 3.19. The molecule has 2 aromatic carbocycles. The molecule has 23 heavy (non-hydrogen) atoms. The highest BCUT2D eigenvalue weighted by Gasteiger charge is 2.14. The molecule has 0 aromatic heterocycles. The van der Waals surface area contributed by atoms with E-state index in [1.54, 1.807) is 0 Å². The van der Waals surface area contributed by atoms with Gasteiger partial charge in [-0.15, -0.1) is 0 Å². The molecule has 2 aromatic rings. The van der Waals surface area contributed by atoms with Gasteiger partial charge < -0.3 is 15.2 Å². The summed E-state index contributed by atoms with van der Waals surface area (Å²) in [5, 5.41) is 11.9. The highest BCUT2D eigenvalue weighted by atomic mass is 79.9. The smallest absolute Gasteiger partial charge is 0.338 e. The molecule has 0 bridgehead atoms. The minimum absolute atomic E-state index is 0.0570. The molecular weight excluding hydrogens is 362 g/mol. The molecule has 1 amide bonds. The number of benzene rings is 2. The molecule has 120 valence electrons. The van der Waals surface area contributed by atoms with Crippen LogP contribution in [0.2, 0.25) is 0 Å². The van der Waals surface area contributed by atoms with Crippen molar-refractivity contribution in [2.45, 2.75) is 13.0 Å². The maximum absolute atomic E-state index is 11.9. The molecule has 0 radical (unpaired) electrons. The van der Waals surface area contributed by atoms with E-state index < -0.39 is 5.97 Å². The van der Waals surface area contributed by atoms with Crippen molar-refractivity contribution in [3.8, 4) is 5.75 Å². The highest BCUT2D eigenvalue weighted by molar-refractivity contribution is 9.10. The molecule has 2 N–H and O–H groups in total. The quantitative estimate of drug-likeness (QED) is 0.784. The Balaban J connectivity index is 1.86. The van der Waals surface area contributed by atoms with Crippen LogP contribution < -0.4 is 5.32 Å². The number of aromatic hydroxyl groups is 1. The first-order valence-corrected chi connectivity index (χ1v) is 7.76. The van der Waals surface area contributed by atoms with Crippen LogP contribution in [-0.2, 0) is 9.53 Å². The van der Waals surface area contributed by atoms with E-state index in [9.17, 15) is 9.59 Å². The maximum atomic E-state index is 11.9. The summed E-state index contributed by atoms with van der Waals surface area (Å²) in [5.74, 6) is -0.948. The minimum Gasteiger partial charge on any atom is -0.508 e. The van der Waals surface area contributed by atoms with Gasteiger partial charge in [0.25, 0.3) is 5.91 Å². The number of rotatable bonds is 5. The fourth-order valence-electron chi connectivity index (χ4n) is 2.00. The fourth-order valence-corrected chi connectivity index (χ4v) is 2.63. The normalized spacial score (nSPS) is 11.6. The molecule has 0 aliphatic heterocycles. The van der Waals surface area contributed by atoms with E-state index in [0.29, 0.717) is 0 Å². The second kappa shape index (κ2) is 7.78. The summed E-state index contributed by atoms with van der Waals surface area (Å²) in [5.41, 5.74) is 1.21. The van der Waals surface area contributed by atoms with Gasteiger partial charge in [-0.3, -0.25) is 4.79 Å². The van der Waals surface area contributed by atoms with Crippen LogP contribution in [0.1, 0.15) is 28.9 Å². The van der Waals surface area contributed by atoms with Gasteiger partial charge in [0, 0.05) is 4.47 Å². The van der Waals surface area contributed by atoms with E-state index in [4.69, 9.17) is 9.84 Å². The van der Waals surface area contributed by atoms with Gasteiger partial charge in [0.15, 0.2) is 6.61 Å². The van der Waals surface area contributed by atoms with E-state index in [0.717, 1.165) is 10.0 Å². The summed E-state index contributed by atoms with van der Waals surface area (Å²) in [7, 11) is 0. The maximum Gasteiger partial charge on any atom is 0.338 e. The summed E-state index contributed by atoms with van der Waals surface area (Å²) < 4.78 is 5.85. The first-order valence-electron chi connectivity index (χ1n) is 6.97. The zero-order valence-corrected chi connectivity index (χ0v) is 14.0. The van der Waals surface area contributed by atoms with Gasteiger partial charge in [0.05, 0.1) is 11.6 Å². The Morgan fingerprint density at radius 2 is 1.83 bits per heavy atom. The molecule has 0 aliphatic rings. The molecule has 2 rings (SSSR count). The molecule has 0 heterocycles. The Kier molecular flexibility index (Phi) is 5.76. The zero-order chi connectivity index (χ0) is 16.8.